The molecule has 4 N–H and O–H groups in total. The highest BCUT2D eigenvalue weighted by molar-refractivity contribution is 7.52. The maximum Gasteiger partial charge on any atom is 0.459 e. The van der Waals surface area contributed by atoms with Gasteiger partial charge in [0.1, 0.15) is 24.0 Å². The number of aromatic amines is 2. The average Bonchev–Trinajstić information content (AvgIpc) is 3.40. The lowest BCUT2D eigenvalue weighted by molar-refractivity contribution is -0.149. The second kappa shape index (κ2) is 12.0. The van der Waals surface area contributed by atoms with Gasteiger partial charge in [0.25, 0.3) is 5.56 Å². The Bertz CT molecular complexity index is 1670. The second-order valence-corrected chi connectivity index (χ2v) is 13.1. The molecule has 2 aliphatic rings. The van der Waals surface area contributed by atoms with Crippen molar-refractivity contribution in [2.75, 3.05) is 6.61 Å². The predicted octanol–water partition coefficient (Wildman–Crippen LogP) is 3.02. The van der Waals surface area contributed by atoms with Gasteiger partial charge in [0, 0.05) is 34.9 Å². The number of H-pyrrole nitrogens is 2. The molecule has 2 aromatic heterocycles. The Hall–Kier alpha value is -3.29. The number of aromatic nitrogens is 3. The third-order valence-electron chi connectivity index (χ3n) is 7.58. The molecule has 3 heterocycles. The van der Waals surface area contributed by atoms with E-state index in [-0.39, 0.29) is 5.75 Å². The van der Waals surface area contributed by atoms with Gasteiger partial charge in [-0.25, -0.2) is 13.8 Å². The molecule has 6 atom stereocenters. The number of carbonyl (C=O) groups excluding carboxylic acids is 1. The Morgan fingerprint density at radius 2 is 1.98 bits per heavy atom. The van der Waals surface area contributed by atoms with Crippen LogP contribution in [0.1, 0.15) is 58.0 Å². The molecule has 0 spiro atoms. The number of halogens is 1. The van der Waals surface area contributed by atoms with Crippen molar-refractivity contribution in [2.45, 2.75) is 89.6 Å². The standard InChI is InChI=1S/C28H36FN4O9P/c1-15(2)40-25(36)16(3)32-43(38,42-17-9-10-19-18-7-5-6-8-20(18)30-21(19)13-17)39-14-22-24(35)28(4,29)26(41-22)33-12-11-23(34)31-27(33)37/h9-13,15-16,22,24,26,30,35H,5-8,14H2,1-4H3,(H,32,38)(H,31,34,37)/t16-,22+,24+,26+,28+,43?/m0/s1. The van der Waals surface area contributed by atoms with E-state index in [0.717, 1.165) is 66.0 Å². The zero-order valence-electron chi connectivity index (χ0n) is 24.3. The largest absolute Gasteiger partial charge is 0.462 e. The van der Waals surface area contributed by atoms with Crippen LogP contribution in [0.2, 0.25) is 0 Å². The summed E-state index contributed by atoms with van der Waals surface area (Å²) in [5, 5.41) is 14.3. The number of aliphatic hydroxyl groups excluding tert-OH is 1. The number of hydrogen-bond acceptors (Lipinski definition) is 9. The monoisotopic (exact) mass is 622 g/mol. The van der Waals surface area contributed by atoms with Gasteiger partial charge in [-0.1, -0.05) is 0 Å². The van der Waals surface area contributed by atoms with E-state index in [1.807, 2.05) is 11.1 Å². The molecule has 1 aliphatic heterocycles. The minimum Gasteiger partial charge on any atom is -0.462 e. The van der Waals surface area contributed by atoms with Crippen LogP contribution in [0.4, 0.5) is 4.39 Å². The first-order chi connectivity index (χ1) is 20.3. The van der Waals surface area contributed by atoms with Crippen LogP contribution in [-0.2, 0) is 36.2 Å². The molecule has 1 aliphatic carbocycles. The first-order valence-electron chi connectivity index (χ1n) is 14.2. The summed E-state index contributed by atoms with van der Waals surface area (Å²) in [6.07, 6.45) is -0.175. The fourth-order valence-corrected chi connectivity index (χ4v) is 6.93. The van der Waals surface area contributed by atoms with Gasteiger partial charge in [-0.3, -0.25) is 23.7 Å². The van der Waals surface area contributed by atoms with Gasteiger partial charge in [0.15, 0.2) is 11.9 Å². The lowest BCUT2D eigenvalue weighted by Crippen LogP contribution is -2.43. The highest BCUT2D eigenvalue weighted by atomic mass is 31.2. The molecular formula is C28H36FN4O9P. The first kappa shape index (κ1) is 31.1. The molecule has 1 unspecified atom stereocenters. The Morgan fingerprint density at radius 3 is 2.70 bits per heavy atom. The minimum atomic E-state index is -4.40. The smallest absolute Gasteiger partial charge is 0.459 e. The number of nitrogens with zero attached hydrogens (tertiary/aromatic N) is 1. The van der Waals surface area contributed by atoms with Crippen LogP contribution in [0.5, 0.6) is 5.75 Å². The lowest BCUT2D eigenvalue weighted by atomic mass is 9.96. The summed E-state index contributed by atoms with van der Waals surface area (Å²) in [5.74, 6) is -0.534. The number of ether oxygens (including phenoxy) is 2. The molecule has 0 saturated carbocycles. The molecular weight excluding hydrogens is 586 g/mol. The van der Waals surface area contributed by atoms with Crippen LogP contribution in [0.25, 0.3) is 10.9 Å². The van der Waals surface area contributed by atoms with E-state index in [1.165, 1.54) is 12.5 Å². The topological polar surface area (TPSA) is 174 Å². The molecule has 13 nitrogen and oxygen atoms in total. The molecule has 0 bridgehead atoms. The fourth-order valence-electron chi connectivity index (χ4n) is 5.44. The highest BCUT2D eigenvalue weighted by Gasteiger charge is 2.56. The van der Waals surface area contributed by atoms with Crippen molar-refractivity contribution in [3.8, 4) is 5.75 Å². The van der Waals surface area contributed by atoms with E-state index in [9.17, 15) is 24.1 Å². The molecule has 1 aromatic carbocycles. The predicted molar refractivity (Wildman–Crippen MR) is 154 cm³/mol. The zero-order chi connectivity index (χ0) is 31.1. The number of fused-ring (bicyclic) bond motifs is 3. The van der Waals surface area contributed by atoms with Crippen LogP contribution in [0, 0.1) is 0 Å². The van der Waals surface area contributed by atoms with Crippen molar-refractivity contribution in [1.29, 1.82) is 0 Å². The highest BCUT2D eigenvalue weighted by Crippen LogP contribution is 2.48. The van der Waals surface area contributed by atoms with Crippen molar-refractivity contribution in [3.63, 3.8) is 0 Å². The fraction of sp³-hybridized carbons (Fsp3) is 0.536. The Labute approximate surface area is 246 Å². The van der Waals surface area contributed by atoms with Gasteiger partial charge in [-0.05, 0) is 71.1 Å². The van der Waals surface area contributed by atoms with E-state index in [2.05, 4.69) is 10.1 Å². The molecule has 3 aromatic rings. The molecule has 43 heavy (non-hydrogen) atoms. The Morgan fingerprint density at radius 1 is 1.23 bits per heavy atom. The third-order valence-corrected chi connectivity index (χ3v) is 9.23. The van der Waals surface area contributed by atoms with E-state index in [1.54, 1.807) is 26.0 Å². The van der Waals surface area contributed by atoms with Gasteiger partial charge in [-0.2, -0.15) is 5.09 Å². The summed E-state index contributed by atoms with van der Waals surface area (Å²) in [6, 6.07) is 5.05. The molecule has 0 radical (unpaired) electrons. The normalized spacial score (nSPS) is 25.8. The lowest BCUT2D eigenvalue weighted by Gasteiger charge is -2.25. The summed E-state index contributed by atoms with van der Waals surface area (Å²) in [5.41, 5.74) is -0.940. The number of aliphatic hydroxyl groups is 1. The van der Waals surface area contributed by atoms with Crippen LogP contribution >= 0.6 is 7.75 Å². The molecule has 5 rings (SSSR count). The number of benzene rings is 1. The molecule has 15 heteroatoms. The summed E-state index contributed by atoms with van der Waals surface area (Å²) in [6.45, 7) is 5.14. The number of hydrogen-bond donors (Lipinski definition) is 4. The number of rotatable bonds is 10. The molecule has 234 valence electrons. The zero-order valence-corrected chi connectivity index (χ0v) is 25.2. The van der Waals surface area contributed by atoms with Crippen molar-refractivity contribution in [3.05, 3.63) is 62.6 Å². The van der Waals surface area contributed by atoms with Gasteiger partial charge in [-0.15, -0.1) is 0 Å². The van der Waals surface area contributed by atoms with E-state index in [4.69, 9.17) is 18.5 Å². The quantitative estimate of drug-likeness (QED) is 0.194. The summed E-state index contributed by atoms with van der Waals surface area (Å²) >= 11 is 0. The summed E-state index contributed by atoms with van der Waals surface area (Å²) in [7, 11) is -4.40. The Balaban J connectivity index is 1.38. The molecule has 1 saturated heterocycles. The van der Waals surface area contributed by atoms with Crippen LogP contribution in [-0.4, -0.2) is 62.2 Å². The number of alkyl halides is 1. The van der Waals surface area contributed by atoms with Crippen LogP contribution in [0.3, 0.4) is 0 Å². The third kappa shape index (κ3) is 6.48. The van der Waals surface area contributed by atoms with Crippen LogP contribution < -0.4 is 20.9 Å². The maximum absolute atomic E-state index is 15.7. The summed E-state index contributed by atoms with van der Waals surface area (Å²) < 4.78 is 52.9. The van der Waals surface area contributed by atoms with Crippen molar-refractivity contribution in [2.24, 2.45) is 0 Å². The van der Waals surface area contributed by atoms with E-state index < -0.39 is 67.8 Å². The first-order valence-corrected chi connectivity index (χ1v) is 15.7. The van der Waals surface area contributed by atoms with Crippen molar-refractivity contribution >= 4 is 24.6 Å². The number of nitrogens with one attached hydrogen (secondary N) is 3. The van der Waals surface area contributed by atoms with Crippen molar-refractivity contribution in [1.82, 2.24) is 19.6 Å². The molecule has 1 fully saturated rings. The van der Waals surface area contributed by atoms with Crippen LogP contribution in [0.15, 0.2) is 40.1 Å². The van der Waals surface area contributed by atoms with Crippen molar-refractivity contribution < 1.29 is 37.4 Å². The number of carbonyl (C=O) groups is 1. The van der Waals surface area contributed by atoms with E-state index in [0.29, 0.717) is 0 Å². The van der Waals surface area contributed by atoms with E-state index >= 15 is 4.39 Å². The number of esters is 1. The SMILES string of the molecule is CC(C)OC(=O)[C@H](C)NP(=O)(OC[C@H]1O[C@@H](n2ccc(=O)[nH]c2=O)[C@](C)(F)[C@@H]1O)Oc1ccc2c3c([nH]c2c1)CCCC3. The Kier molecular flexibility index (Phi) is 8.70. The van der Waals surface area contributed by atoms with Gasteiger partial charge >= 0.3 is 19.4 Å². The van der Waals surface area contributed by atoms with Gasteiger partial charge in [0.2, 0.25) is 0 Å². The molecule has 0 amide bonds. The summed E-state index contributed by atoms with van der Waals surface area (Å²) in [4.78, 5) is 41.7. The second-order valence-electron chi connectivity index (χ2n) is 11.4. The average molecular weight is 623 g/mol. The van der Waals surface area contributed by atoms with Gasteiger partial charge < -0.3 is 24.1 Å². The number of aryl methyl sites for hydroxylation is 2. The minimum absolute atomic E-state index is 0.173. The maximum atomic E-state index is 15.7. The van der Waals surface area contributed by atoms with Gasteiger partial charge in [0.05, 0.1) is 12.7 Å².